The van der Waals surface area contributed by atoms with Crippen molar-refractivity contribution < 1.29 is 9.84 Å². The quantitative estimate of drug-likeness (QED) is 0.858. The largest absolute Gasteiger partial charge is 0.497 e. The molecule has 0 saturated carbocycles. The van der Waals surface area contributed by atoms with Crippen molar-refractivity contribution in [2.75, 3.05) is 13.7 Å². The highest BCUT2D eigenvalue weighted by atomic mass is 79.9. The molecular formula is C10H14BrNO2. The van der Waals surface area contributed by atoms with Crippen molar-refractivity contribution >= 4 is 15.9 Å². The van der Waals surface area contributed by atoms with Crippen LogP contribution in [0.1, 0.15) is 5.56 Å². The highest BCUT2D eigenvalue weighted by Crippen LogP contribution is 2.23. The average molecular weight is 260 g/mol. The molecule has 0 spiro atoms. The number of methoxy groups -OCH3 is 1. The third-order valence-electron chi connectivity index (χ3n) is 1.98. The maximum atomic E-state index is 9.41. The number of halogens is 1. The Morgan fingerprint density at radius 1 is 1.57 bits per heavy atom. The van der Waals surface area contributed by atoms with E-state index in [2.05, 4.69) is 15.9 Å². The van der Waals surface area contributed by atoms with Crippen molar-refractivity contribution in [3.63, 3.8) is 0 Å². The van der Waals surface area contributed by atoms with Gasteiger partial charge in [-0.25, -0.2) is 0 Å². The molecule has 1 aromatic carbocycles. The SMILES string of the molecule is COc1ccc(Br)c(CC(O)CN)c1. The molecule has 0 aliphatic carbocycles. The Labute approximate surface area is 92.0 Å². The van der Waals surface area contributed by atoms with Gasteiger partial charge in [0.2, 0.25) is 0 Å². The molecule has 0 heterocycles. The number of hydrogen-bond acceptors (Lipinski definition) is 3. The van der Waals surface area contributed by atoms with Gasteiger partial charge in [0.15, 0.2) is 0 Å². The van der Waals surface area contributed by atoms with E-state index >= 15 is 0 Å². The lowest BCUT2D eigenvalue weighted by atomic mass is 10.1. The van der Waals surface area contributed by atoms with Crippen LogP contribution in [0.15, 0.2) is 22.7 Å². The Bertz CT molecular complexity index is 304. The number of ether oxygens (including phenoxy) is 1. The van der Waals surface area contributed by atoms with Crippen LogP contribution in [0.5, 0.6) is 5.75 Å². The maximum absolute atomic E-state index is 9.41. The van der Waals surface area contributed by atoms with Gasteiger partial charge >= 0.3 is 0 Å². The zero-order valence-corrected chi connectivity index (χ0v) is 9.62. The van der Waals surface area contributed by atoms with E-state index in [0.29, 0.717) is 6.42 Å². The first-order chi connectivity index (χ1) is 6.67. The van der Waals surface area contributed by atoms with Gasteiger partial charge in [-0.15, -0.1) is 0 Å². The standard InChI is InChI=1S/C10H14BrNO2/c1-14-9-2-3-10(11)7(5-9)4-8(13)6-12/h2-3,5,8,13H,4,6,12H2,1H3. The monoisotopic (exact) mass is 259 g/mol. The molecule has 0 bridgehead atoms. The van der Waals surface area contributed by atoms with Gasteiger partial charge in [0.1, 0.15) is 5.75 Å². The molecule has 1 atom stereocenters. The number of aliphatic hydroxyl groups excluding tert-OH is 1. The van der Waals surface area contributed by atoms with Crippen molar-refractivity contribution in [2.45, 2.75) is 12.5 Å². The number of benzene rings is 1. The van der Waals surface area contributed by atoms with Gasteiger partial charge in [0.25, 0.3) is 0 Å². The predicted molar refractivity (Wildman–Crippen MR) is 59.5 cm³/mol. The summed E-state index contributed by atoms with van der Waals surface area (Å²) >= 11 is 3.41. The summed E-state index contributed by atoms with van der Waals surface area (Å²) in [5.41, 5.74) is 6.35. The molecule has 0 fully saturated rings. The molecule has 1 aromatic rings. The summed E-state index contributed by atoms with van der Waals surface area (Å²) in [5.74, 6) is 0.785. The van der Waals surface area contributed by atoms with Gasteiger partial charge in [-0.1, -0.05) is 15.9 Å². The van der Waals surface area contributed by atoms with Crippen LogP contribution < -0.4 is 10.5 Å². The highest BCUT2D eigenvalue weighted by molar-refractivity contribution is 9.10. The van der Waals surface area contributed by atoms with Gasteiger partial charge in [0.05, 0.1) is 13.2 Å². The molecule has 1 rings (SSSR count). The zero-order chi connectivity index (χ0) is 10.6. The number of rotatable bonds is 4. The van der Waals surface area contributed by atoms with E-state index in [1.807, 2.05) is 18.2 Å². The minimum Gasteiger partial charge on any atom is -0.497 e. The molecule has 1 unspecified atom stereocenters. The first-order valence-corrected chi connectivity index (χ1v) is 5.17. The van der Waals surface area contributed by atoms with E-state index in [0.717, 1.165) is 15.8 Å². The third-order valence-corrected chi connectivity index (χ3v) is 2.75. The average Bonchev–Trinajstić information content (AvgIpc) is 2.21. The summed E-state index contributed by atoms with van der Waals surface area (Å²) in [6.07, 6.45) is 0.0345. The van der Waals surface area contributed by atoms with Crippen molar-refractivity contribution in [1.82, 2.24) is 0 Å². The molecule has 3 nitrogen and oxygen atoms in total. The molecule has 0 aliphatic heterocycles. The summed E-state index contributed by atoms with van der Waals surface area (Å²) in [6.45, 7) is 0.268. The predicted octanol–water partition coefficient (Wildman–Crippen LogP) is 1.32. The van der Waals surface area contributed by atoms with Crippen LogP contribution in [0, 0.1) is 0 Å². The van der Waals surface area contributed by atoms with E-state index in [4.69, 9.17) is 10.5 Å². The van der Waals surface area contributed by atoms with Crippen molar-refractivity contribution in [1.29, 1.82) is 0 Å². The fraction of sp³-hybridized carbons (Fsp3) is 0.400. The Morgan fingerprint density at radius 3 is 2.86 bits per heavy atom. The molecule has 4 heteroatoms. The van der Waals surface area contributed by atoms with Crippen LogP contribution in [0.4, 0.5) is 0 Å². The Kier molecular flexibility index (Phi) is 4.38. The minimum atomic E-state index is -0.501. The van der Waals surface area contributed by atoms with Crippen LogP contribution in [0.2, 0.25) is 0 Å². The molecule has 0 aromatic heterocycles. The number of nitrogens with two attached hydrogens (primary N) is 1. The number of hydrogen-bond donors (Lipinski definition) is 2. The first-order valence-electron chi connectivity index (χ1n) is 4.38. The molecule has 3 N–H and O–H groups in total. The lowest BCUT2D eigenvalue weighted by Gasteiger charge is -2.10. The summed E-state index contributed by atoms with van der Waals surface area (Å²) in [6, 6.07) is 5.66. The topological polar surface area (TPSA) is 55.5 Å². The van der Waals surface area contributed by atoms with E-state index < -0.39 is 6.10 Å². The second-order valence-electron chi connectivity index (χ2n) is 3.05. The summed E-state index contributed by atoms with van der Waals surface area (Å²) in [4.78, 5) is 0. The van der Waals surface area contributed by atoms with Crippen LogP contribution in [-0.4, -0.2) is 24.9 Å². The number of aliphatic hydroxyl groups is 1. The molecule has 78 valence electrons. The fourth-order valence-electron chi connectivity index (χ4n) is 1.17. The van der Waals surface area contributed by atoms with Crippen LogP contribution >= 0.6 is 15.9 Å². The maximum Gasteiger partial charge on any atom is 0.119 e. The van der Waals surface area contributed by atoms with Crippen LogP contribution in [0.25, 0.3) is 0 Å². The lowest BCUT2D eigenvalue weighted by molar-refractivity contribution is 0.183. The Morgan fingerprint density at radius 2 is 2.29 bits per heavy atom. The van der Waals surface area contributed by atoms with Crippen LogP contribution in [0.3, 0.4) is 0 Å². The molecule has 0 saturated heterocycles. The first kappa shape index (κ1) is 11.5. The molecule has 0 radical (unpaired) electrons. The molecular weight excluding hydrogens is 246 g/mol. The summed E-state index contributed by atoms with van der Waals surface area (Å²) < 4.78 is 6.06. The van der Waals surface area contributed by atoms with Gasteiger partial charge in [0, 0.05) is 17.4 Å². The Hall–Kier alpha value is -0.580. The second-order valence-corrected chi connectivity index (χ2v) is 3.91. The van der Waals surface area contributed by atoms with Gasteiger partial charge < -0.3 is 15.6 Å². The van der Waals surface area contributed by atoms with Crippen LogP contribution in [-0.2, 0) is 6.42 Å². The van der Waals surface area contributed by atoms with Crippen molar-refractivity contribution in [3.8, 4) is 5.75 Å². The minimum absolute atomic E-state index is 0.268. The van der Waals surface area contributed by atoms with E-state index in [-0.39, 0.29) is 6.54 Å². The smallest absolute Gasteiger partial charge is 0.119 e. The fourth-order valence-corrected chi connectivity index (χ4v) is 1.58. The molecule has 0 amide bonds. The summed E-state index contributed by atoms with van der Waals surface area (Å²) in [7, 11) is 1.62. The second kappa shape index (κ2) is 5.34. The Balaban J connectivity index is 2.83. The summed E-state index contributed by atoms with van der Waals surface area (Å²) in [5, 5.41) is 9.41. The van der Waals surface area contributed by atoms with Gasteiger partial charge in [-0.3, -0.25) is 0 Å². The molecule has 0 aliphatic rings. The third kappa shape index (κ3) is 2.97. The van der Waals surface area contributed by atoms with E-state index in [1.54, 1.807) is 7.11 Å². The molecule has 14 heavy (non-hydrogen) atoms. The van der Waals surface area contributed by atoms with Gasteiger partial charge in [-0.2, -0.15) is 0 Å². The highest BCUT2D eigenvalue weighted by Gasteiger charge is 2.07. The normalized spacial score (nSPS) is 12.6. The van der Waals surface area contributed by atoms with Crippen molar-refractivity contribution in [2.24, 2.45) is 5.73 Å². The van der Waals surface area contributed by atoms with E-state index in [1.165, 1.54) is 0 Å². The zero-order valence-electron chi connectivity index (χ0n) is 8.03. The lowest BCUT2D eigenvalue weighted by Crippen LogP contribution is -2.22. The van der Waals surface area contributed by atoms with E-state index in [9.17, 15) is 5.11 Å². The van der Waals surface area contributed by atoms with Crippen molar-refractivity contribution in [3.05, 3.63) is 28.2 Å². The van der Waals surface area contributed by atoms with Gasteiger partial charge in [-0.05, 0) is 23.8 Å².